The van der Waals surface area contributed by atoms with Gasteiger partial charge in [0, 0.05) is 45.3 Å². The average molecular weight is 321 g/mol. The molecule has 2 aliphatic heterocycles. The van der Waals surface area contributed by atoms with Gasteiger partial charge >= 0.3 is 0 Å². The Hall–Kier alpha value is -1.30. The Bertz CT molecular complexity index is 427. The second-order valence-corrected chi connectivity index (χ2v) is 7.08. The van der Waals surface area contributed by atoms with Crippen LogP contribution in [0, 0.1) is 0 Å². The summed E-state index contributed by atoms with van der Waals surface area (Å²) in [6.45, 7) is 4.45. The van der Waals surface area contributed by atoms with Gasteiger partial charge < -0.3 is 15.5 Å². The first kappa shape index (κ1) is 16.6. The van der Waals surface area contributed by atoms with Crippen LogP contribution in [0.5, 0.6) is 0 Å². The summed E-state index contributed by atoms with van der Waals surface area (Å²) in [4.78, 5) is 21.0. The van der Waals surface area contributed by atoms with Crippen LogP contribution in [-0.2, 0) is 4.79 Å². The normalized spacial score (nSPS) is 26.9. The average Bonchev–Trinajstić information content (AvgIpc) is 3.32. The van der Waals surface area contributed by atoms with E-state index in [0.717, 1.165) is 50.9 Å². The molecular weight excluding hydrogens is 290 g/mol. The maximum atomic E-state index is 12.1. The van der Waals surface area contributed by atoms with E-state index in [0.29, 0.717) is 12.6 Å². The standard InChI is InChI=1S/C17H31N5O/c1-18-17(19-12-16(23)21-9-4-5-10-21)20-14-8-11-22(13-14)15-6-2-3-7-15/h14-15H,2-13H2,1H3,(H2,18,19,20). The summed E-state index contributed by atoms with van der Waals surface area (Å²) < 4.78 is 0. The van der Waals surface area contributed by atoms with E-state index < -0.39 is 0 Å². The summed E-state index contributed by atoms with van der Waals surface area (Å²) in [7, 11) is 1.78. The molecule has 2 saturated heterocycles. The van der Waals surface area contributed by atoms with Gasteiger partial charge in [0.15, 0.2) is 5.96 Å². The van der Waals surface area contributed by atoms with E-state index in [2.05, 4.69) is 20.5 Å². The SMILES string of the molecule is CN=C(NCC(=O)N1CCCC1)NC1CCN(C2CCCC2)C1. The smallest absolute Gasteiger partial charge is 0.241 e. The molecule has 1 aliphatic carbocycles. The number of carbonyl (C=O) groups excluding carboxylic acids is 1. The van der Waals surface area contributed by atoms with Gasteiger partial charge in [-0.15, -0.1) is 0 Å². The summed E-state index contributed by atoms with van der Waals surface area (Å²) in [6.07, 6.45) is 8.95. The Labute approximate surface area is 139 Å². The lowest BCUT2D eigenvalue weighted by molar-refractivity contribution is -0.128. The molecule has 0 spiro atoms. The predicted octanol–water partition coefficient (Wildman–Crippen LogP) is 0.791. The first-order valence-electron chi connectivity index (χ1n) is 9.25. The Morgan fingerprint density at radius 1 is 1.09 bits per heavy atom. The lowest BCUT2D eigenvalue weighted by Gasteiger charge is -2.24. The molecule has 1 unspecified atom stereocenters. The molecule has 6 heteroatoms. The largest absolute Gasteiger partial charge is 0.352 e. The first-order chi connectivity index (χ1) is 11.3. The molecule has 130 valence electrons. The number of guanidine groups is 1. The van der Waals surface area contributed by atoms with Crippen molar-refractivity contribution < 1.29 is 4.79 Å². The summed E-state index contributed by atoms with van der Waals surface area (Å²) >= 11 is 0. The monoisotopic (exact) mass is 321 g/mol. The third kappa shape index (κ3) is 4.37. The Morgan fingerprint density at radius 3 is 2.52 bits per heavy atom. The van der Waals surface area contributed by atoms with E-state index >= 15 is 0 Å². The summed E-state index contributed by atoms with van der Waals surface area (Å²) in [6, 6.07) is 1.25. The van der Waals surface area contributed by atoms with Gasteiger partial charge in [-0.25, -0.2) is 0 Å². The van der Waals surface area contributed by atoms with Crippen LogP contribution in [0.4, 0.5) is 0 Å². The van der Waals surface area contributed by atoms with Gasteiger partial charge in [0.25, 0.3) is 0 Å². The van der Waals surface area contributed by atoms with E-state index in [1.165, 1.54) is 32.2 Å². The molecule has 2 heterocycles. The number of nitrogens with zero attached hydrogens (tertiary/aromatic N) is 3. The number of carbonyl (C=O) groups is 1. The molecule has 0 aromatic heterocycles. The molecule has 6 nitrogen and oxygen atoms in total. The Morgan fingerprint density at radius 2 is 1.83 bits per heavy atom. The van der Waals surface area contributed by atoms with Gasteiger partial charge in [0.2, 0.25) is 5.91 Å². The van der Waals surface area contributed by atoms with Gasteiger partial charge in [-0.3, -0.25) is 14.7 Å². The summed E-state index contributed by atoms with van der Waals surface area (Å²) in [5, 5.41) is 6.68. The quantitative estimate of drug-likeness (QED) is 0.594. The van der Waals surface area contributed by atoms with E-state index in [4.69, 9.17) is 0 Å². The van der Waals surface area contributed by atoms with Crippen molar-refractivity contribution in [3.63, 3.8) is 0 Å². The highest BCUT2D eigenvalue weighted by atomic mass is 16.2. The Balaban J connectivity index is 1.40. The van der Waals surface area contributed by atoms with Crippen LogP contribution < -0.4 is 10.6 Å². The van der Waals surface area contributed by atoms with E-state index in [1.807, 2.05) is 4.90 Å². The molecule has 3 aliphatic rings. The van der Waals surface area contributed by atoms with Crippen LogP contribution in [0.25, 0.3) is 0 Å². The van der Waals surface area contributed by atoms with Gasteiger partial charge in [-0.05, 0) is 32.1 Å². The number of nitrogens with one attached hydrogen (secondary N) is 2. The fraction of sp³-hybridized carbons (Fsp3) is 0.882. The minimum Gasteiger partial charge on any atom is -0.352 e. The van der Waals surface area contributed by atoms with Gasteiger partial charge in [-0.1, -0.05) is 12.8 Å². The summed E-state index contributed by atoms with van der Waals surface area (Å²) in [5.41, 5.74) is 0. The Kier molecular flexibility index (Phi) is 5.75. The van der Waals surface area contributed by atoms with E-state index in [-0.39, 0.29) is 5.91 Å². The van der Waals surface area contributed by atoms with Crippen LogP contribution in [0.15, 0.2) is 4.99 Å². The fourth-order valence-corrected chi connectivity index (χ4v) is 4.13. The minimum atomic E-state index is 0.185. The maximum Gasteiger partial charge on any atom is 0.241 e. The second kappa shape index (κ2) is 7.99. The molecule has 3 fully saturated rings. The number of hydrogen-bond acceptors (Lipinski definition) is 3. The van der Waals surface area contributed by atoms with Crippen molar-refractivity contribution >= 4 is 11.9 Å². The number of hydrogen-bond donors (Lipinski definition) is 2. The predicted molar refractivity (Wildman–Crippen MR) is 92.5 cm³/mol. The first-order valence-corrected chi connectivity index (χ1v) is 9.25. The van der Waals surface area contributed by atoms with Crippen molar-refractivity contribution in [3.05, 3.63) is 0 Å². The van der Waals surface area contributed by atoms with E-state index in [1.54, 1.807) is 7.05 Å². The van der Waals surface area contributed by atoms with Gasteiger partial charge in [-0.2, -0.15) is 0 Å². The zero-order chi connectivity index (χ0) is 16.1. The zero-order valence-corrected chi connectivity index (χ0v) is 14.4. The topological polar surface area (TPSA) is 60.0 Å². The molecule has 3 rings (SSSR count). The molecule has 2 N–H and O–H groups in total. The molecule has 0 aromatic carbocycles. The van der Waals surface area contributed by atoms with Crippen LogP contribution in [-0.4, -0.2) is 73.5 Å². The highest BCUT2D eigenvalue weighted by molar-refractivity contribution is 5.86. The molecule has 0 radical (unpaired) electrons. The molecule has 1 saturated carbocycles. The minimum absolute atomic E-state index is 0.185. The summed E-state index contributed by atoms with van der Waals surface area (Å²) in [5.74, 6) is 0.945. The highest BCUT2D eigenvalue weighted by Crippen LogP contribution is 2.26. The number of aliphatic imine (C=N–C) groups is 1. The lowest BCUT2D eigenvalue weighted by atomic mass is 10.2. The number of rotatable bonds is 4. The molecule has 23 heavy (non-hydrogen) atoms. The highest BCUT2D eigenvalue weighted by Gasteiger charge is 2.30. The second-order valence-electron chi connectivity index (χ2n) is 7.08. The van der Waals surface area contributed by atoms with Crippen molar-refractivity contribution in [2.24, 2.45) is 4.99 Å². The third-order valence-electron chi connectivity index (χ3n) is 5.49. The maximum absolute atomic E-state index is 12.1. The number of amides is 1. The molecule has 0 bridgehead atoms. The molecule has 0 aromatic rings. The van der Waals surface area contributed by atoms with Crippen molar-refractivity contribution in [2.75, 3.05) is 39.8 Å². The van der Waals surface area contributed by atoms with Crippen molar-refractivity contribution in [1.82, 2.24) is 20.4 Å². The molecule has 1 atom stereocenters. The van der Waals surface area contributed by atoms with E-state index in [9.17, 15) is 4.79 Å². The van der Waals surface area contributed by atoms with Crippen LogP contribution >= 0.6 is 0 Å². The van der Waals surface area contributed by atoms with Crippen molar-refractivity contribution in [2.45, 2.75) is 57.0 Å². The van der Waals surface area contributed by atoms with Crippen molar-refractivity contribution in [1.29, 1.82) is 0 Å². The fourth-order valence-electron chi connectivity index (χ4n) is 4.13. The van der Waals surface area contributed by atoms with Crippen molar-refractivity contribution in [3.8, 4) is 0 Å². The third-order valence-corrected chi connectivity index (χ3v) is 5.49. The molecule has 1 amide bonds. The van der Waals surface area contributed by atoms with Crippen LogP contribution in [0.2, 0.25) is 0 Å². The number of likely N-dealkylation sites (tertiary alicyclic amines) is 2. The van der Waals surface area contributed by atoms with Crippen LogP contribution in [0.3, 0.4) is 0 Å². The zero-order valence-electron chi connectivity index (χ0n) is 14.4. The van der Waals surface area contributed by atoms with Gasteiger partial charge in [0.1, 0.15) is 0 Å². The van der Waals surface area contributed by atoms with Crippen LogP contribution in [0.1, 0.15) is 44.9 Å². The lowest BCUT2D eigenvalue weighted by Crippen LogP contribution is -2.48. The molecular formula is C17H31N5O. The van der Waals surface area contributed by atoms with Gasteiger partial charge in [0.05, 0.1) is 6.54 Å².